The number of nitrogens with one attached hydrogen (secondary N) is 1. The molecule has 0 saturated carbocycles. The molecule has 0 aliphatic carbocycles. The van der Waals surface area contributed by atoms with E-state index in [0.717, 1.165) is 16.7 Å². The van der Waals surface area contributed by atoms with Gasteiger partial charge in [0.1, 0.15) is 6.33 Å². The van der Waals surface area contributed by atoms with Crippen LogP contribution in [0.3, 0.4) is 0 Å². The van der Waals surface area contributed by atoms with E-state index in [2.05, 4.69) is 32.0 Å². The molecule has 1 amide bonds. The Morgan fingerprint density at radius 1 is 1.14 bits per heavy atom. The second kappa shape index (κ2) is 7.96. The van der Waals surface area contributed by atoms with Crippen molar-refractivity contribution in [3.8, 4) is 5.69 Å². The number of fused-ring (bicyclic) bond motifs is 1. The first-order valence-electron chi connectivity index (χ1n) is 9.13. The van der Waals surface area contributed by atoms with Crippen LogP contribution in [0.25, 0.3) is 16.7 Å². The summed E-state index contributed by atoms with van der Waals surface area (Å²) >= 11 is 1.67. The van der Waals surface area contributed by atoms with Crippen molar-refractivity contribution in [3.05, 3.63) is 82.8 Å². The van der Waals surface area contributed by atoms with Gasteiger partial charge in [-0.15, -0.1) is 0 Å². The van der Waals surface area contributed by atoms with Crippen LogP contribution in [0.5, 0.6) is 0 Å². The Morgan fingerprint density at radius 2 is 1.93 bits per heavy atom. The summed E-state index contributed by atoms with van der Waals surface area (Å²) in [5.74, 6) is -0.0656. The molecule has 0 spiro atoms. The van der Waals surface area contributed by atoms with E-state index in [4.69, 9.17) is 0 Å². The fourth-order valence-corrected chi connectivity index (χ4v) is 4.00. The van der Waals surface area contributed by atoms with Gasteiger partial charge in [-0.2, -0.15) is 11.3 Å². The van der Waals surface area contributed by atoms with Crippen molar-refractivity contribution in [2.45, 2.75) is 6.04 Å². The monoisotopic (exact) mass is 390 g/mol. The van der Waals surface area contributed by atoms with Crippen LogP contribution in [0.15, 0.2) is 71.7 Å². The minimum atomic E-state index is -0.0656. The fourth-order valence-electron chi connectivity index (χ4n) is 3.29. The minimum absolute atomic E-state index is 0.0656. The number of rotatable bonds is 6. The van der Waals surface area contributed by atoms with E-state index in [1.54, 1.807) is 11.3 Å². The Balaban J connectivity index is 1.47. The molecule has 2 aromatic heterocycles. The molecule has 4 aromatic rings. The van der Waals surface area contributed by atoms with Crippen LogP contribution >= 0.6 is 11.3 Å². The Kier molecular flexibility index (Phi) is 5.23. The van der Waals surface area contributed by atoms with Crippen LogP contribution in [-0.4, -0.2) is 41.0 Å². The molecule has 1 N–H and O–H groups in total. The maximum absolute atomic E-state index is 12.6. The first-order chi connectivity index (χ1) is 13.6. The fraction of sp³-hybridized carbons (Fsp3) is 0.182. The van der Waals surface area contributed by atoms with Crippen molar-refractivity contribution >= 4 is 28.3 Å². The predicted octanol–water partition coefficient (Wildman–Crippen LogP) is 4.12. The van der Waals surface area contributed by atoms with Crippen LogP contribution in [0, 0.1) is 0 Å². The quantitative estimate of drug-likeness (QED) is 0.539. The third-order valence-corrected chi connectivity index (χ3v) is 5.57. The molecule has 4 rings (SSSR count). The summed E-state index contributed by atoms with van der Waals surface area (Å²) in [7, 11) is 4.05. The summed E-state index contributed by atoms with van der Waals surface area (Å²) < 4.78 is 2.02. The highest BCUT2D eigenvalue weighted by atomic mass is 32.1. The molecule has 0 saturated heterocycles. The van der Waals surface area contributed by atoms with E-state index in [-0.39, 0.29) is 11.9 Å². The first kappa shape index (κ1) is 18.4. The van der Waals surface area contributed by atoms with Crippen LogP contribution in [-0.2, 0) is 0 Å². The lowest BCUT2D eigenvalue weighted by Crippen LogP contribution is -2.34. The first-order valence-corrected chi connectivity index (χ1v) is 10.1. The molecule has 5 nitrogen and oxygen atoms in total. The Morgan fingerprint density at radius 3 is 2.64 bits per heavy atom. The molecule has 1 atom stereocenters. The summed E-state index contributed by atoms with van der Waals surface area (Å²) in [6, 6.07) is 17.9. The second-order valence-corrected chi connectivity index (χ2v) is 7.68. The van der Waals surface area contributed by atoms with Crippen molar-refractivity contribution in [3.63, 3.8) is 0 Å². The molecule has 2 heterocycles. The van der Waals surface area contributed by atoms with E-state index in [0.29, 0.717) is 12.1 Å². The molecule has 28 heavy (non-hydrogen) atoms. The number of nitrogens with zero attached hydrogens (tertiary/aromatic N) is 3. The predicted molar refractivity (Wildman–Crippen MR) is 114 cm³/mol. The average Bonchev–Trinajstić information content (AvgIpc) is 3.38. The van der Waals surface area contributed by atoms with Gasteiger partial charge >= 0.3 is 0 Å². The summed E-state index contributed by atoms with van der Waals surface area (Å²) in [5.41, 5.74) is 4.85. The number of hydrogen-bond acceptors (Lipinski definition) is 4. The normalized spacial score (nSPS) is 12.4. The van der Waals surface area contributed by atoms with Gasteiger partial charge in [0.2, 0.25) is 0 Å². The summed E-state index contributed by atoms with van der Waals surface area (Å²) in [6.45, 7) is 0.566. The molecule has 0 fully saturated rings. The average molecular weight is 391 g/mol. The Bertz CT molecular complexity index is 1070. The zero-order valence-corrected chi connectivity index (χ0v) is 16.7. The zero-order valence-electron chi connectivity index (χ0n) is 15.9. The Hall–Kier alpha value is -2.96. The van der Waals surface area contributed by atoms with Gasteiger partial charge in [-0.05, 0) is 72.9 Å². The Labute approximate surface area is 168 Å². The van der Waals surface area contributed by atoms with E-state index in [1.807, 2.05) is 73.5 Å². The lowest BCUT2D eigenvalue weighted by atomic mass is 10.1. The third kappa shape index (κ3) is 3.69. The molecule has 0 radical (unpaired) electrons. The molecule has 0 aliphatic rings. The van der Waals surface area contributed by atoms with Crippen molar-refractivity contribution in [2.24, 2.45) is 0 Å². The summed E-state index contributed by atoms with van der Waals surface area (Å²) in [4.78, 5) is 19.1. The van der Waals surface area contributed by atoms with E-state index < -0.39 is 0 Å². The maximum atomic E-state index is 12.6. The lowest BCUT2D eigenvalue weighted by molar-refractivity contribution is 0.0942. The number of aromatic nitrogens is 2. The number of likely N-dealkylation sites (N-methyl/N-ethyl adjacent to an activating group) is 1. The molecule has 0 unspecified atom stereocenters. The number of imidazole rings is 1. The summed E-state index contributed by atoms with van der Waals surface area (Å²) in [5, 5.41) is 7.25. The number of para-hydroxylation sites is 2. The molecule has 0 aliphatic heterocycles. The van der Waals surface area contributed by atoms with E-state index in [1.165, 1.54) is 5.56 Å². The van der Waals surface area contributed by atoms with Crippen molar-refractivity contribution in [2.75, 3.05) is 20.6 Å². The molecular formula is C22H22N4OS. The van der Waals surface area contributed by atoms with Gasteiger partial charge in [0.25, 0.3) is 5.91 Å². The maximum Gasteiger partial charge on any atom is 0.251 e. The topological polar surface area (TPSA) is 50.2 Å². The molecule has 6 heteroatoms. The standard InChI is InChI=1S/C22H22N4OS/c1-25(2)21(17-11-12-28-14-17)13-23-22(27)16-7-9-18(10-8-16)26-15-24-19-5-3-4-6-20(19)26/h3-12,14-15,21H,13H2,1-2H3,(H,23,27)/t21-/m1/s1. The number of thiophene rings is 1. The highest BCUT2D eigenvalue weighted by Crippen LogP contribution is 2.21. The largest absolute Gasteiger partial charge is 0.350 e. The van der Waals surface area contributed by atoms with Crippen molar-refractivity contribution in [1.82, 2.24) is 19.8 Å². The molecule has 142 valence electrons. The van der Waals surface area contributed by atoms with Gasteiger partial charge in [0.15, 0.2) is 0 Å². The minimum Gasteiger partial charge on any atom is -0.350 e. The van der Waals surface area contributed by atoms with Gasteiger partial charge in [-0.25, -0.2) is 4.98 Å². The number of amides is 1. The van der Waals surface area contributed by atoms with Gasteiger partial charge in [0.05, 0.1) is 17.1 Å². The highest BCUT2D eigenvalue weighted by Gasteiger charge is 2.16. The van der Waals surface area contributed by atoms with Gasteiger partial charge in [-0.1, -0.05) is 12.1 Å². The summed E-state index contributed by atoms with van der Waals surface area (Å²) in [6.07, 6.45) is 1.81. The molecular weight excluding hydrogens is 368 g/mol. The van der Waals surface area contributed by atoms with Crippen molar-refractivity contribution in [1.29, 1.82) is 0 Å². The van der Waals surface area contributed by atoms with Gasteiger partial charge < -0.3 is 10.2 Å². The zero-order chi connectivity index (χ0) is 19.5. The molecule has 2 aromatic carbocycles. The molecule has 0 bridgehead atoms. The van der Waals surface area contributed by atoms with Crippen LogP contribution in [0.2, 0.25) is 0 Å². The number of carbonyl (C=O) groups is 1. The second-order valence-electron chi connectivity index (χ2n) is 6.90. The smallest absolute Gasteiger partial charge is 0.251 e. The third-order valence-electron chi connectivity index (χ3n) is 4.87. The van der Waals surface area contributed by atoms with E-state index in [9.17, 15) is 4.79 Å². The number of benzene rings is 2. The van der Waals surface area contributed by atoms with Crippen LogP contribution in [0.4, 0.5) is 0 Å². The van der Waals surface area contributed by atoms with Gasteiger partial charge in [-0.3, -0.25) is 9.36 Å². The van der Waals surface area contributed by atoms with Crippen LogP contribution < -0.4 is 5.32 Å². The highest BCUT2D eigenvalue weighted by molar-refractivity contribution is 7.07. The number of hydrogen-bond donors (Lipinski definition) is 1. The van der Waals surface area contributed by atoms with E-state index >= 15 is 0 Å². The van der Waals surface area contributed by atoms with Crippen molar-refractivity contribution < 1.29 is 4.79 Å². The lowest BCUT2D eigenvalue weighted by Gasteiger charge is -2.24. The van der Waals surface area contributed by atoms with Gasteiger partial charge in [0, 0.05) is 17.8 Å². The SMILES string of the molecule is CN(C)[C@H](CNC(=O)c1ccc(-n2cnc3ccccc32)cc1)c1ccsc1. The number of carbonyl (C=O) groups excluding carboxylic acids is 1. The van der Waals surface area contributed by atoms with Crippen LogP contribution in [0.1, 0.15) is 22.0 Å².